The molecule has 2 heterocycles. The number of nitrogens with one attached hydrogen (secondary N) is 1. The zero-order valence-corrected chi connectivity index (χ0v) is 12.0. The molecule has 4 heteroatoms. The summed E-state index contributed by atoms with van der Waals surface area (Å²) in [5.41, 5.74) is 4.24. The van der Waals surface area contributed by atoms with Crippen molar-refractivity contribution < 1.29 is 0 Å². The maximum absolute atomic E-state index is 6.06. The second kappa shape index (κ2) is 4.73. The van der Waals surface area contributed by atoms with Crippen molar-refractivity contribution in [3.63, 3.8) is 0 Å². The largest absolute Gasteiger partial charge is 0.306 e. The van der Waals surface area contributed by atoms with Crippen LogP contribution in [0, 0.1) is 6.92 Å². The van der Waals surface area contributed by atoms with Gasteiger partial charge in [0.05, 0.1) is 4.34 Å². The highest BCUT2D eigenvalue weighted by molar-refractivity contribution is 7.16. The molecule has 1 N–H and O–H groups in total. The first-order chi connectivity index (χ1) is 8.24. The predicted octanol–water partition coefficient (Wildman–Crippen LogP) is 4.55. The summed E-state index contributed by atoms with van der Waals surface area (Å²) in [6.07, 6.45) is 2.38. The van der Waals surface area contributed by atoms with Crippen LogP contribution in [0.15, 0.2) is 16.8 Å². The minimum atomic E-state index is 0.494. The minimum Gasteiger partial charge on any atom is -0.306 e. The molecule has 2 aromatic rings. The monoisotopic (exact) mass is 283 g/mol. The first kappa shape index (κ1) is 11.7. The molecule has 0 bridgehead atoms. The van der Waals surface area contributed by atoms with Gasteiger partial charge in [-0.05, 0) is 53.3 Å². The Morgan fingerprint density at radius 3 is 3.12 bits per heavy atom. The van der Waals surface area contributed by atoms with Crippen LogP contribution in [0.25, 0.3) is 0 Å². The first-order valence-corrected chi connectivity index (χ1v) is 7.91. The van der Waals surface area contributed by atoms with Gasteiger partial charge in [0.2, 0.25) is 0 Å². The van der Waals surface area contributed by atoms with Crippen LogP contribution in [-0.4, -0.2) is 0 Å². The van der Waals surface area contributed by atoms with Crippen LogP contribution in [0.4, 0.5) is 0 Å². The SMILES string of the molecule is Cc1cscc1CNC1CCc2sc(Cl)cc21. The lowest BCUT2D eigenvalue weighted by Crippen LogP contribution is -2.18. The number of halogens is 1. The molecule has 1 nitrogen and oxygen atoms in total. The summed E-state index contributed by atoms with van der Waals surface area (Å²) in [5, 5.41) is 8.09. The predicted molar refractivity (Wildman–Crippen MR) is 76.3 cm³/mol. The summed E-state index contributed by atoms with van der Waals surface area (Å²) in [7, 11) is 0. The van der Waals surface area contributed by atoms with Crippen LogP contribution in [0.2, 0.25) is 4.34 Å². The lowest BCUT2D eigenvalue weighted by molar-refractivity contribution is 0.530. The zero-order valence-electron chi connectivity index (χ0n) is 9.63. The van der Waals surface area contributed by atoms with E-state index in [1.165, 1.54) is 34.4 Å². The van der Waals surface area contributed by atoms with Gasteiger partial charge in [-0.15, -0.1) is 11.3 Å². The standard InChI is InChI=1S/C13H14ClNS2/c1-8-6-16-7-9(8)5-15-11-2-3-12-10(11)4-13(14)17-12/h4,6-7,11,15H,2-3,5H2,1H3. The Hall–Kier alpha value is -0.350. The summed E-state index contributed by atoms with van der Waals surface area (Å²) in [6.45, 7) is 3.14. The molecule has 0 amide bonds. The van der Waals surface area contributed by atoms with Crippen molar-refractivity contribution in [1.29, 1.82) is 0 Å². The van der Waals surface area contributed by atoms with Crippen molar-refractivity contribution in [3.05, 3.63) is 42.7 Å². The molecular formula is C13H14ClNS2. The van der Waals surface area contributed by atoms with Crippen molar-refractivity contribution in [2.24, 2.45) is 0 Å². The van der Waals surface area contributed by atoms with Gasteiger partial charge in [-0.1, -0.05) is 11.6 Å². The molecule has 0 saturated heterocycles. The number of hydrogen-bond acceptors (Lipinski definition) is 3. The van der Waals surface area contributed by atoms with Crippen LogP contribution in [-0.2, 0) is 13.0 Å². The fourth-order valence-electron chi connectivity index (χ4n) is 2.34. The van der Waals surface area contributed by atoms with Crippen LogP contribution >= 0.6 is 34.3 Å². The smallest absolute Gasteiger partial charge is 0.0934 e. The molecule has 3 rings (SSSR count). The molecule has 0 aromatic carbocycles. The van der Waals surface area contributed by atoms with Crippen LogP contribution in [0.1, 0.15) is 34.0 Å². The quantitative estimate of drug-likeness (QED) is 0.871. The third-order valence-electron chi connectivity index (χ3n) is 3.35. The van der Waals surface area contributed by atoms with Crippen molar-refractivity contribution in [3.8, 4) is 0 Å². The minimum absolute atomic E-state index is 0.494. The van der Waals surface area contributed by atoms with Gasteiger partial charge in [0.25, 0.3) is 0 Å². The number of hydrogen-bond donors (Lipinski definition) is 1. The molecule has 17 heavy (non-hydrogen) atoms. The van der Waals surface area contributed by atoms with Crippen molar-refractivity contribution in [2.45, 2.75) is 32.4 Å². The summed E-state index contributed by atoms with van der Waals surface area (Å²) in [4.78, 5) is 1.47. The molecule has 1 aliphatic carbocycles. The molecule has 0 fully saturated rings. The Morgan fingerprint density at radius 1 is 1.47 bits per heavy atom. The Balaban J connectivity index is 1.69. The van der Waals surface area contributed by atoms with E-state index in [4.69, 9.17) is 11.6 Å². The second-order valence-corrected chi connectivity index (χ2v) is 6.99. The third kappa shape index (κ3) is 2.29. The summed E-state index contributed by atoms with van der Waals surface area (Å²) < 4.78 is 0.924. The van der Waals surface area contributed by atoms with Gasteiger partial charge in [0.1, 0.15) is 0 Å². The summed E-state index contributed by atoms with van der Waals surface area (Å²) in [5.74, 6) is 0. The summed E-state index contributed by atoms with van der Waals surface area (Å²) in [6, 6.07) is 2.63. The van der Waals surface area contributed by atoms with E-state index in [1.54, 1.807) is 22.7 Å². The Bertz CT molecular complexity index is 529. The van der Waals surface area contributed by atoms with E-state index < -0.39 is 0 Å². The Labute approximate surface area is 114 Å². The average molecular weight is 284 g/mol. The average Bonchev–Trinajstić information content (AvgIpc) is 2.93. The van der Waals surface area contributed by atoms with E-state index in [-0.39, 0.29) is 0 Å². The van der Waals surface area contributed by atoms with E-state index >= 15 is 0 Å². The second-order valence-electron chi connectivity index (χ2n) is 4.48. The van der Waals surface area contributed by atoms with Gasteiger partial charge in [0, 0.05) is 17.5 Å². The third-order valence-corrected chi connectivity index (χ3v) is 5.60. The van der Waals surface area contributed by atoms with Gasteiger partial charge in [-0.25, -0.2) is 0 Å². The molecule has 0 spiro atoms. The van der Waals surface area contributed by atoms with E-state index in [9.17, 15) is 0 Å². The maximum atomic E-state index is 6.06. The van der Waals surface area contributed by atoms with Crippen LogP contribution in [0.5, 0.6) is 0 Å². The molecule has 90 valence electrons. The molecule has 1 aliphatic rings. The Kier molecular flexibility index (Phi) is 3.26. The van der Waals surface area contributed by atoms with E-state index in [0.717, 1.165) is 10.9 Å². The molecule has 0 aliphatic heterocycles. The highest BCUT2D eigenvalue weighted by Gasteiger charge is 2.24. The van der Waals surface area contributed by atoms with Crippen LogP contribution in [0.3, 0.4) is 0 Å². The summed E-state index contributed by atoms with van der Waals surface area (Å²) >= 11 is 9.57. The van der Waals surface area contributed by atoms with Gasteiger partial charge in [-0.3, -0.25) is 0 Å². The Morgan fingerprint density at radius 2 is 2.35 bits per heavy atom. The fraction of sp³-hybridized carbons (Fsp3) is 0.385. The van der Waals surface area contributed by atoms with E-state index in [2.05, 4.69) is 29.1 Å². The van der Waals surface area contributed by atoms with Crippen molar-refractivity contribution in [2.75, 3.05) is 0 Å². The lowest BCUT2D eigenvalue weighted by atomic mass is 10.1. The first-order valence-electron chi connectivity index (χ1n) is 5.77. The molecule has 0 saturated carbocycles. The molecular weight excluding hydrogens is 270 g/mol. The van der Waals surface area contributed by atoms with E-state index in [0.29, 0.717) is 6.04 Å². The van der Waals surface area contributed by atoms with Gasteiger partial charge >= 0.3 is 0 Å². The number of fused-ring (bicyclic) bond motifs is 1. The topological polar surface area (TPSA) is 12.0 Å². The molecule has 2 aromatic heterocycles. The molecule has 1 atom stereocenters. The van der Waals surface area contributed by atoms with E-state index in [1.807, 2.05) is 0 Å². The van der Waals surface area contributed by atoms with Gasteiger partial charge < -0.3 is 5.32 Å². The van der Waals surface area contributed by atoms with Crippen molar-refractivity contribution in [1.82, 2.24) is 5.32 Å². The van der Waals surface area contributed by atoms with Gasteiger partial charge in [0.15, 0.2) is 0 Å². The lowest BCUT2D eigenvalue weighted by Gasteiger charge is -2.12. The highest BCUT2D eigenvalue weighted by Crippen LogP contribution is 2.39. The maximum Gasteiger partial charge on any atom is 0.0934 e. The molecule has 0 radical (unpaired) electrons. The number of thiophene rings is 2. The van der Waals surface area contributed by atoms with Crippen molar-refractivity contribution >= 4 is 34.3 Å². The normalized spacial score (nSPS) is 18.6. The number of rotatable bonds is 3. The van der Waals surface area contributed by atoms with Gasteiger partial charge in [-0.2, -0.15) is 11.3 Å². The molecule has 1 unspecified atom stereocenters. The van der Waals surface area contributed by atoms with Crippen LogP contribution < -0.4 is 5.32 Å². The fourth-order valence-corrected chi connectivity index (χ4v) is 4.56. The zero-order chi connectivity index (χ0) is 11.8. The number of aryl methyl sites for hydroxylation is 2. The highest BCUT2D eigenvalue weighted by atomic mass is 35.5.